The zero-order valence-electron chi connectivity index (χ0n) is 14.7. The van der Waals surface area contributed by atoms with E-state index in [4.69, 9.17) is 9.47 Å². The zero-order valence-corrected chi connectivity index (χ0v) is 14.7. The molecule has 0 saturated heterocycles. The van der Waals surface area contributed by atoms with E-state index >= 15 is 0 Å². The van der Waals surface area contributed by atoms with Gasteiger partial charge in [0, 0.05) is 25.4 Å². The van der Waals surface area contributed by atoms with E-state index in [0.29, 0.717) is 11.1 Å². The van der Waals surface area contributed by atoms with Crippen molar-refractivity contribution in [1.29, 1.82) is 0 Å². The van der Waals surface area contributed by atoms with Gasteiger partial charge in [-0.15, -0.1) is 0 Å². The second kappa shape index (κ2) is 7.22. The molecule has 128 valence electrons. The van der Waals surface area contributed by atoms with Crippen LogP contribution in [0.4, 0.5) is 0 Å². The monoisotopic (exact) mass is 327 g/mol. The second-order valence-corrected chi connectivity index (χ2v) is 6.35. The summed E-state index contributed by atoms with van der Waals surface area (Å²) < 4.78 is 12.6. The van der Waals surface area contributed by atoms with Gasteiger partial charge in [-0.2, -0.15) is 0 Å². The number of aromatic nitrogens is 1. The van der Waals surface area contributed by atoms with E-state index in [1.807, 2.05) is 7.05 Å². The first-order chi connectivity index (χ1) is 11.7. The predicted molar refractivity (Wildman–Crippen MR) is 97.7 cm³/mol. The van der Waals surface area contributed by atoms with Crippen molar-refractivity contribution in [1.82, 2.24) is 4.57 Å². The predicted octanol–water partition coefficient (Wildman–Crippen LogP) is 3.82. The third-order valence-corrected chi connectivity index (χ3v) is 4.70. The minimum atomic E-state index is 0.0137. The van der Waals surface area contributed by atoms with Gasteiger partial charge in [0.05, 0.1) is 5.39 Å². The summed E-state index contributed by atoms with van der Waals surface area (Å²) in [6, 6.07) is 4.25. The van der Waals surface area contributed by atoms with Crippen LogP contribution in [-0.2, 0) is 24.6 Å². The van der Waals surface area contributed by atoms with Crippen molar-refractivity contribution in [2.45, 2.75) is 39.0 Å². The average Bonchev–Trinajstić information content (AvgIpc) is 3.04. The zero-order chi connectivity index (χ0) is 17.1. The minimum absolute atomic E-state index is 0.0137. The Balaban J connectivity index is 2.15. The fourth-order valence-corrected chi connectivity index (χ4v) is 3.38. The highest BCUT2D eigenvalue weighted by Gasteiger charge is 2.20. The first kappa shape index (κ1) is 16.8. The SMILES string of the molecule is CCCCCc1cc2cc3c(c(OCOC)c2c(=O)n1C)CC=C3. The number of hydrogen-bond donors (Lipinski definition) is 0. The molecule has 0 aliphatic heterocycles. The molecule has 0 unspecified atom stereocenters. The Bertz CT molecular complexity index is 833. The van der Waals surface area contributed by atoms with Gasteiger partial charge in [-0.3, -0.25) is 4.79 Å². The number of methoxy groups -OCH3 is 1. The molecule has 1 heterocycles. The van der Waals surface area contributed by atoms with Crippen molar-refractivity contribution in [2.24, 2.45) is 7.05 Å². The lowest BCUT2D eigenvalue weighted by Gasteiger charge is -2.16. The molecule has 0 radical (unpaired) electrons. The van der Waals surface area contributed by atoms with Crippen LogP contribution in [0.1, 0.15) is 43.0 Å². The van der Waals surface area contributed by atoms with Gasteiger partial charge in [0.25, 0.3) is 5.56 Å². The maximum Gasteiger partial charge on any atom is 0.262 e. The Morgan fingerprint density at radius 2 is 2.08 bits per heavy atom. The van der Waals surface area contributed by atoms with Crippen LogP contribution >= 0.6 is 0 Å². The molecule has 0 bridgehead atoms. The Morgan fingerprint density at radius 3 is 2.83 bits per heavy atom. The number of rotatable bonds is 7. The van der Waals surface area contributed by atoms with Crippen molar-refractivity contribution >= 4 is 16.8 Å². The molecule has 24 heavy (non-hydrogen) atoms. The summed E-state index contributed by atoms with van der Waals surface area (Å²) in [4.78, 5) is 13.0. The third kappa shape index (κ3) is 2.98. The first-order valence-electron chi connectivity index (χ1n) is 8.64. The molecule has 1 aliphatic rings. The van der Waals surface area contributed by atoms with Crippen LogP contribution in [-0.4, -0.2) is 18.5 Å². The Labute approximate surface area is 142 Å². The molecule has 4 heteroatoms. The number of pyridine rings is 1. The van der Waals surface area contributed by atoms with Gasteiger partial charge in [0.15, 0.2) is 6.79 Å². The highest BCUT2D eigenvalue weighted by molar-refractivity contribution is 5.93. The Kier molecular flexibility index (Phi) is 5.05. The van der Waals surface area contributed by atoms with Gasteiger partial charge in [0.1, 0.15) is 5.75 Å². The molecule has 2 aromatic rings. The maximum atomic E-state index is 13.0. The van der Waals surface area contributed by atoms with E-state index < -0.39 is 0 Å². The van der Waals surface area contributed by atoms with Crippen LogP contribution < -0.4 is 10.3 Å². The average molecular weight is 327 g/mol. The molecule has 4 nitrogen and oxygen atoms in total. The van der Waals surface area contributed by atoms with E-state index in [9.17, 15) is 4.79 Å². The summed E-state index contributed by atoms with van der Waals surface area (Å²) in [5.74, 6) is 0.676. The van der Waals surface area contributed by atoms with Gasteiger partial charge >= 0.3 is 0 Å². The van der Waals surface area contributed by atoms with E-state index in [1.165, 1.54) is 12.8 Å². The molecule has 1 aromatic carbocycles. The molecular weight excluding hydrogens is 302 g/mol. The van der Waals surface area contributed by atoms with Crippen LogP contribution in [0.5, 0.6) is 5.75 Å². The Hall–Kier alpha value is -2.07. The number of benzene rings is 1. The number of allylic oxidation sites excluding steroid dienone is 1. The van der Waals surface area contributed by atoms with Crippen LogP contribution in [0.15, 0.2) is 23.0 Å². The standard InChI is InChI=1S/C20H25NO3/c1-4-5-6-9-16-12-15-11-14-8-7-10-17(14)19(24-13-23-3)18(15)20(22)21(16)2/h7-8,11-12H,4-6,9-10,13H2,1-3H3. The molecule has 0 saturated carbocycles. The summed E-state index contributed by atoms with van der Waals surface area (Å²) >= 11 is 0. The van der Waals surface area contributed by atoms with Gasteiger partial charge in [-0.1, -0.05) is 31.9 Å². The molecule has 1 aliphatic carbocycles. The van der Waals surface area contributed by atoms with Crippen molar-refractivity contribution in [3.05, 3.63) is 45.4 Å². The van der Waals surface area contributed by atoms with Gasteiger partial charge in [0.2, 0.25) is 0 Å². The fraction of sp³-hybridized carbons (Fsp3) is 0.450. The van der Waals surface area contributed by atoms with Crippen LogP contribution in [0.25, 0.3) is 16.8 Å². The number of fused-ring (bicyclic) bond motifs is 2. The number of aryl methyl sites for hydroxylation is 1. The largest absolute Gasteiger partial charge is 0.466 e. The molecule has 0 spiro atoms. The van der Waals surface area contributed by atoms with Crippen LogP contribution in [0.2, 0.25) is 0 Å². The number of hydrogen-bond acceptors (Lipinski definition) is 3. The normalized spacial score (nSPS) is 12.8. The molecule has 0 N–H and O–H groups in total. The number of ether oxygens (including phenoxy) is 2. The molecule has 1 aromatic heterocycles. The molecule has 3 rings (SSSR count). The van der Waals surface area contributed by atoms with Crippen molar-refractivity contribution in [3.8, 4) is 5.75 Å². The smallest absolute Gasteiger partial charge is 0.262 e. The molecule has 0 amide bonds. The lowest BCUT2D eigenvalue weighted by atomic mass is 10.00. The summed E-state index contributed by atoms with van der Waals surface area (Å²) in [6.07, 6.45) is 9.39. The summed E-state index contributed by atoms with van der Waals surface area (Å²) in [5, 5.41) is 1.62. The van der Waals surface area contributed by atoms with Crippen molar-refractivity contribution in [3.63, 3.8) is 0 Å². The lowest BCUT2D eigenvalue weighted by Crippen LogP contribution is -2.22. The minimum Gasteiger partial charge on any atom is -0.466 e. The van der Waals surface area contributed by atoms with Gasteiger partial charge in [-0.25, -0.2) is 0 Å². The summed E-state index contributed by atoms with van der Waals surface area (Å²) in [7, 11) is 3.45. The van der Waals surface area contributed by atoms with E-state index in [-0.39, 0.29) is 12.4 Å². The number of unbranched alkanes of at least 4 members (excludes halogenated alkanes) is 2. The first-order valence-corrected chi connectivity index (χ1v) is 8.64. The quantitative estimate of drug-likeness (QED) is 0.573. The van der Waals surface area contributed by atoms with E-state index in [1.54, 1.807) is 11.7 Å². The highest BCUT2D eigenvalue weighted by Crippen LogP contribution is 2.35. The maximum absolute atomic E-state index is 13.0. The second-order valence-electron chi connectivity index (χ2n) is 6.35. The molecule has 0 atom stereocenters. The van der Waals surface area contributed by atoms with E-state index in [0.717, 1.165) is 41.5 Å². The molecular formula is C20H25NO3. The van der Waals surface area contributed by atoms with Crippen LogP contribution in [0, 0.1) is 0 Å². The lowest BCUT2D eigenvalue weighted by molar-refractivity contribution is 0.0516. The topological polar surface area (TPSA) is 40.5 Å². The summed E-state index contributed by atoms with van der Waals surface area (Å²) in [6.45, 7) is 2.33. The van der Waals surface area contributed by atoms with Gasteiger partial charge < -0.3 is 14.0 Å². The fourth-order valence-electron chi connectivity index (χ4n) is 3.38. The molecule has 0 fully saturated rings. The van der Waals surface area contributed by atoms with Crippen molar-refractivity contribution < 1.29 is 9.47 Å². The summed E-state index contributed by atoms with van der Waals surface area (Å²) in [5.41, 5.74) is 3.32. The van der Waals surface area contributed by atoms with E-state index in [2.05, 4.69) is 31.2 Å². The highest BCUT2D eigenvalue weighted by atomic mass is 16.7. The third-order valence-electron chi connectivity index (χ3n) is 4.70. The van der Waals surface area contributed by atoms with Crippen molar-refractivity contribution in [2.75, 3.05) is 13.9 Å². The number of nitrogens with zero attached hydrogens (tertiary/aromatic N) is 1. The van der Waals surface area contributed by atoms with Crippen LogP contribution in [0.3, 0.4) is 0 Å². The van der Waals surface area contributed by atoms with Gasteiger partial charge in [-0.05, 0) is 42.3 Å². The Morgan fingerprint density at radius 1 is 1.25 bits per heavy atom.